The van der Waals surface area contributed by atoms with E-state index in [0.29, 0.717) is 23.9 Å². The van der Waals surface area contributed by atoms with Gasteiger partial charge in [-0.3, -0.25) is 18.6 Å². The van der Waals surface area contributed by atoms with E-state index < -0.39 is 20.0 Å². The predicted molar refractivity (Wildman–Crippen MR) is 337 cm³/mol. The standard InChI is InChI=1S/C68H133N2O7P/c1-7-10-13-16-19-22-25-27-29-30-31-32-33-34-35-36-37-38-39-40-41-43-46-49-52-55-58-61-68(72)77-66(59-56-53-50-47-44-24-21-18-15-12-9-3)65(64-76-78(73,74)75-63-62-70(4,5)6)69-67(71)60-57-54-51-48-45-42-28-26-23-20-17-14-11-8-2/h42,45,56,59,65-66H,7-41,43-44,46-55,57-58,60-64H2,1-6H3,(H-,69,71,73,74)/p+1/b45-42-,59-56-. The van der Waals surface area contributed by atoms with Crippen LogP contribution in [0.3, 0.4) is 0 Å². The van der Waals surface area contributed by atoms with Gasteiger partial charge in [0.05, 0.1) is 33.8 Å². The third-order valence-corrected chi connectivity index (χ3v) is 16.6. The molecule has 2 N–H and O–H groups in total. The Bertz CT molecular complexity index is 1380. The maximum Gasteiger partial charge on any atom is 0.472 e. The van der Waals surface area contributed by atoms with Crippen LogP contribution in [0.4, 0.5) is 0 Å². The van der Waals surface area contributed by atoms with Crippen LogP contribution in [0.2, 0.25) is 0 Å². The van der Waals surface area contributed by atoms with Gasteiger partial charge in [0, 0.05) is 12.8 Å². The number of allylic oxidation sites excluding steroid dienone is 3. The quantitative estimate of drug-likeness (QED) is 0.0205. The lowest BCUT2D eigenvalue weighted by Crippen LogP contribution is -2.47. The van der Waals surface area contributed by atoms with Crippen LogP contribution in [0.1, 0.15) is 348 Å². The molecule has 3 atom stereocenters. The highest BCUT2D eigenvalue weighted by molar-refractivity contribution is 7.47. The van der Waals surface area contributed by atoms with Crippen LogP contribution in [-0.2, 0) is 27.9 Å². The normalized spacial score (nSPS) is 13.7. The second-order valence-corrected chi connectivity index (χ2v) is 26.2. The van der Waals surface area contributed by atoms with Gasteiger partial charge in [0.15, 0.2) is 0 Å². The first-order valence-corrected chi connectivity index (χ1v) is 35.7. The summed E-state index contributed by atoms with van der Waals surface area (Å²) in [4.78, 5) is 37.7. The van der Waals surface area contributed by atoms with Gasteiger partial charge in [-0.1, -0.05) is 302 Å². The molecule has 0 aliphatic carbocycles. The summed E-state index contributed by atoms with van der Waals surface area (Å²) < 4.78 is 30.7. The molecule has 0 aromatic rings. The van der Waals surface area contributed by atoms with Crippen molar-refractivity contribution in [1.29, 1.82) is 0 Å². The molecule has 462 valence electrons. The van der Waals surface area contributed by atoms with Gasteiger partial charge in [-0.05, 0) is 57.4 Å². The highest BCUT2D eigenvalue weighted by Crippen LogP contribution is 2.43. The fourth-order valence-electron chi connectivity index (χ4n) is 10.4. The number of amides is 1. The lowest BCUT2D eigenvalue weighted by atomic mass is 10.0. The molecule has 0 aliphatic rings. The number of esters is 1. The first kappa shape index (κ1) is 76.5. The number of ether oxygens (including phenoxy) is 1. The average Bonchev–Trinajstić information content (AvgIpc) is 3.40. The summed E-state index contributed by atoms with van der Waals surface area (Å²) in [5, 5.41) is 3.05. The summed E-state index contributed by atoms with van der Waals surface area (Å²) in [5.41, 5.74) is 0. The number of phosphoric ester groups is 1. The fourth-order valence-corrected chi connectivity index (χ4v) is 11.1. The topological polar surface area (TPSA) is 111 Å². The number of likely N-dealkylation sites (N-methyl/N-ethyl adjacent to an activating group) is 1. The van der Waals surface area contributed by atoms with Crippen molar-refractivity contribution < 1.29 is 37.3 Å². The Morgan fingerprint density at radius 1 is 0.436 bits per heavy atom. The van der Waals surface area contributed by atoms with Gasteiger partial charge in [-0.25, -0.2) is 4.57 Å². The van der Waals surface area contributed by atoms with Gasteiger partial charge < -0.3 is 19.4 Å². The fraction of sp³-hybridized carbons (Fsp3) is 0.912. The van der Waals surface area contributed by atoms with E-state index in [9.17, 15) is 19.0 Å². The van der Waals surface area contributed by atoms with Crippen molar-refractivity contribution in [3.63, 3.8) is 0 Å². The largest absolute Gasteiger partial charge is 0.472 e. The number of unbranched alkanes of at least 4 members (excludes halogenated alkanes) is 45. The van der Waals surface area contributed by atoms with Crippen LogP contribution in [0.5, 0.6) is 0 Å². The van der Waals surface area contributed by atoms with Gasteiger partial charge in [-0.15, -0.1) is 0 Å². The molecule has 0 rings (SSSR count). The Labute approximate surface area is 485 Å². The Balaban J connectivity index is 4.93. The van der Waals surface area contributed by atoms with Gasteiger partial charge in [0.1, 0.15) is 19.3 Å². The number of hydrogen-bond donors (Lipinski definition) is 2. The molecular weight excluding hydrogens is 988 g/mol. The molecule has 0 spiro atoms. The highest BCUT2D eigenvalue weighted by Gasteiger charge is 2.30. The van der Waals surface area contributed by atoms with Gasteiger partial charge in [0.25, 0.3) is 0 Å². The molecule has 0 saturated heterocycles. The van der Waals surface area contributed by atoms with Crippen LogP contribution in [0, 0.1) is 0 Å². The van der Waals surface area contributed by atoms with E-state index in [2.05, 4.69) is 38.2 Å². The van der Waals surface area contributed by atoms with E-state index in [1.807, 2.05) is 33.3 Å². The van der Waals surface area contributed by atoms with E-state index in [1.54, 1.807) is 0 Å². The van der Waals surface area contributed by atoms with Crippen molar-refractivity contribution in [2.45, 2.75) is 360 Å². The molecule has 9 nitrogen and oxygen atoms in total. The molecule has 0 aliphatic heterocycles. The second-order valence-electron chi connectivity index (χ2n) is 24.7. The molecule has 10 heteroatoms. The number of phosphoric acid groups is 1. The van der Waals surface area contributed by atoms with E-state index >= 15 is 0 Å². The monoisotopic (exact) mass is 1120 g/mol. The molecule has 0 saturated carbocycles. The highest BCUT2D eigenvalue weighted by atomic mass is 31.2. The van der Waals surface area contributed by atoms with E-state index in [1.165, 1.54) is 244 Å². The molecule has 0 aromatic heterocycles. The van der Waals surface area contributed by atoms with E-state index in [0.717, 1.165) is 70.6 Å². The van der Waals surface area contributed by atoms with Crippen LogP contribution in [0.15, 0.2) is 24.3 Å². The third-order valence-electron chi connectivity index (χ3n) is 15.6. The Hall–Kier alpha value is -1.51. The minimum Gasteiger partial charge on any atom is -0.456 e. The first-order valence-electron chi connectivity index (χ1n) is 34.2. The first-order chi connectivity index (χ1) is 37.9. The molecule has 1 amide bonds. The van der Waals surface area contributed by atoms with Crippen molar-refractivity contribution in [3.8, 4) is 0 Å². The van der Waals surface area contributed by atoms with Crippen molar-refractivity contribution in [2.75, 3.05) is 40.9 Å². The second kappa shape index (κ2) is 58.7. The molecule has 0 fully saturated rings. The molecule has 0 radical (unpaired) electrons. The Morgan fingerprint density at radius 3 is 1.10 bits per heavy atom. The number of rotatable bonds is 63. The summed E-state index contributed by atoms with van der Waals surface area (Å²) in [6.45, 7) is 7.04. The average molecular weight is 1120 g/mol. The Kier molecular flexibility index (Phi) is 57.5. The Morgan fingerprint density at radius 2 is 0.744 bits per heavy atom. The number of nitrogens with zero attached hydrogens (tertiary/aromatic N) is 1. The summed E-state index contributed by atoms with van der Waals surface area (Å²) in [7, 11) is 1.50. The zero-order chi connectivity index (χ0) is 57.2. The van der Waals surface area contributed by atoms with Crippen LogP contribution < -0.4 is 5.32 Å². The molecular formula is C68H134N2O7P+. The SMILES string of the molecule is CCCCCCCCC/C=C\CCCCCC(=O)NC(COP(=O)(O)OCC[N+](C)(C)C)C(/C=C\CCCCCCCCCCC)OC(=O)CCCCCCCCCCCCCCCCCCCCCCCCCCCCC. The molecule has 0 heterocycles. The third kappa shape index (κ3) is 59.1. The van der Waals surface area contributed by atoms with Gasteiger partial charge in [-0.2, -0.15) is 0 Å². The molecule has 78 heavy (non-hydrogen) atoms. The molecule has 3 unspecified atom stereocenters. The zero-order valence-corrected chi connectivity index (χ0v) is 53.8. The number of quaternary nitrogens is 1. The van der Waals surface area contributed by atoms with Crippen LogP contribution >= 0.6 is 7.82 Å². The van der Waals surface area contributed by atoms with Crippen molar-refractivity contribution >= 4 is 19.7 Å². The van der Waals surface area contributed by atoms with Gasteiger partial charge in [0.2, 0.25) is 5.91 Å². The van der Waals surface area contributed by atoms with Crippen molar-refractivity contribution in [3.05, 3.63) is 24.3 Å². The lowest BCUT2D eigenvalue weighted by Gasteiger charge is -2.27. The van der Waals surface area contributed by atoms with Crippen LogP contribution in [0.25, 0.3) is 0 Å². The predicted octanol–water partition coefficient (Wildman–Crippen LogP) is 21.3. The number of hydrogen-bond acceptors (Lipinski definition) is 6. The van der Waals surface area contributed by atoms with E-state index in [-0.39, 0.29) is 25.1 Å². The van der Waals surface area contributed by atoms with Crippen molar-refractivity contribution in [1.82, 2.24) is 5.32 Å². The minimum atomic E-state index is -4.45. The molecule has 0 bridgehead atoms. The van der Waals surface area contributed by atoms with Gasteiger partial charge >= 0.3 is 13.8 Å². The summed E-state index contributed by atoms with van der Waals surface area (Å²) in [6.07, 6.45) is 70.6. The number of carbonyl (C=O) groups is 2. The van der Waals surface area contributed by atoms with Crippen LogP contribution in [-0.4, -0.2) is 74.3 Å². The summed E-state index contributed by atoms with van der Waals surface area (Å²) >= 11 is 0. The van der Waals surface area contributed by atoms with E-state index in [4.69, 9.17) is 13.8 Å². The number of carbonyl (C=O) groups excluding carboxylic acids is 2. The summed E-state index contributed by atoms with van der Waals surface area (Å²) in [6, 6.07) is -0.850. The maximum absolute atomic E-state index is 13.5. The minimum absolute atomic E-state index is 0.0410. The molecule has 0 aromatic carbocycles. The zero-order valence-electron chi connectivity index (χ0n) is 52.9. The number of nitrogens with one attached hydrogen (secondary N) is 1. The smallest absolute Gasteiger partial charge is 0.456 e. The summed E-state index contributed by atoms with van der Waals surface area (Å²) in [5.74, 6) is -0.506. The maximum atomic E-state index is 13.5. The lowest BCUT2D eigenvalue weighted by molar-refractivity contribution is -0.870. The van der Waals surface area contributed by atoms with Crippen molar-refractivity contribution in [2.24, 2.45) is 0 Å².